The van der Waals surface area contributed by atoms with E-state index in [1.807, 2.05) is 0 Å². The molecule has 3 nitrogen and oxygen atoms in total. The van der Waals surface area contributed by atoms with Crippen molar-refractivity contribution in [2.75, 3.05) is 0 Å². The summed E-state index contributed by atoms with van der Waals surface area (Å²) < 4.78 is 53.3. The second-order valence-corrected chi connectivity index (χ2v) is 5.85. The molecule has 0 aliphatic carbocycles. The van der Waals surface area contributed by atoms with E-state index in [-0.39, 0.29) is 0 Å². The van der Waals surface area contributed by atoms with Crippen LogP contribution in [0.25, 0.3) is 0 Å². The predicted octanol–water partition coefficient (Wildman–Crippen LogP) is 2.68. The van der Waals surface area contributed by atoms with Gasteiger partial charge in [-0.25, -0.2) is 17.2 Å². The first-order valence-corrected chi connectivity index (χ1v) is 6.63. The van der Waals surface area contributed by atoms with Gasteiger partial charge in [-0.3, -0.25) is 0 Å². The molecule has 0 aromatic heterocycles. The van der Waals surface area contributed by atoms with Crippen LogP contribution in [0.15, 0.2) is 17.0 Å². The van der Waals surface area contributed by atoms with Crippen LogP contribution >= 0.6 is 10.7 Å². The van der Waals surface area contributed by atoms with E-state index in [9.17, 15) is 17.2 Å². The first-order chi connectivity index (χ1) is 7.21. The Balaban J connectivity index is 3.45. The molecule has 0 aliphatic heterocycles. The van der Waals surface area contributed by atoms with E-state index in [4.69, 9.17) is 15.4 Å². The number of halogens is 3. The molecule has 1 aromatic rings. The molecule has 0 amide bonds. The van der Waals surface area contributed by atoms with Crippen LogP contribution in [0.5, 0.6) is 5.75 Å². The summed E-state index contributed by atoms with van der Waals surface area (Å²) in [7, 11) is 0.793. The fourth-order valence-corrected chi connectivity index (χ4v) is 2.03. The average molecular weight is 271 g/mol. The van der Waals surface area contributed by atoms with E-state index in [0.717, 1.165) is 0 Å². The molecule has 0 N–H and O–H groups in total. The summed E-state index contributed by atoms with van der Waals surface area (Å²) in [6.07, 6.45) is -0.461. The van der Waals surface area contributed by atoms with E-state index in [1.165, 1.54) is 0 Å². The predicted molar refractivity (Wildman–Crippen MR) is 55.2 cm³/mol. The molecule has 0 saturated heterocycles. The van der Waals surface area contributed by atoms with Crippen molar-refractivity contribution in [1.29, 1.82) is 0 Å². The second kappa shape index (κ2) is 4.55. The minimum Gasteiger partial charge on any atom is -0.487 e. The quantitative estimate of drug-likeness (QED) is 0.793. The van der Waals surface area contributed by atoms with Crippen LogP contribution in [-0.4, -0.2) is 14.5 Å². The molecule has 0 fully saturated rings. The normalized spacial score (nSPS) is 11.9. The Kier molecular flexibility index (Phi) is 3.75. The van der Waals surface area contributed by atoms with Crippen molar-refractivity contribution in [2.45, 2.75) is 24.8 Å². The SMILES string of the molecule is CC(C)Oc1c(F)cc(F)cc1S(=O)(=O)Cl. The van der Waals surface area contributed by atoms with Crippen molar-refractivity contribution in [3.63, 3.8) is 0 Å². The maximum absolute atomic E-state index is 13.3. The third-order valence-corrected chi connectivity index (χ3v) is 2.92. The van der Waals surface area contributed by atoms with Gasteiger partial charge in [-0.2, -0.15) is 0 Å². The first-order valence-electron chi connectivity index (χ1n) is 4.32. The van der Waals surface area contributed by atoms with Crippen LogP contribution in [0.4, 0.5) is 8.78 Å². The van der Waals surface area contributed by atoms with Gasteiger partial charge < -0.3 is 4.74 Å². The average Bonchev–Trinajstić information content (AvgIpc) is 2.06. The highest BCUT2D eigenvalue weighted by molar-refractivity contribution is 8.13. The molecule has 0 spiro atoms. The Hall–Kier alpha value is -0.880. The molecule has 0 saturated carbocycles. The number of benzene rings is 1. The van der Waals surface area contributed by atoms with Gasteiger partial charge >= 0.3 is 0 Å². The molecule has 0 bridgehead atoms. The third kappa shape index (κ3) is 3.05. The first kappa shape index (κ1) is 13.2. The van der Waals surface area contributed by atoms with Crippen molar-refractivity contribution in [3.8, 4) is 5.75 Å². The zero-order valence-corrected chi connectivity index (χ0v) is 10.1. The van der Waals surface area contributed by atoms with Gasteiger partial charge in [-0.15, -0.1) is 0 Å². The summed E-state index contributed by atoms with van der Waals surface area (Å²) in [5.41, 5.74) is 0. The lowest BCUT2D eigenvalue weighted by molar-refractivity contribution is 0.223. The lowest BCUT2D eigenvalue weighted by Gasteiger charge is -2.13. The molecular formula is C9H9ClF2O3S. The minimum absolute atomic E-state index is 0.461. The molecule has 0 aliphatic rings. The van der Waals surface area contributed by atoms with Gasteiger partial charge in [-0.1, -0.05) is 0 Å². The van der Waals surface area contributed by atoms with Crippen LogP contribution in [-0.2, 0) is 9.05 Å². The topological polar surface area (TPSA) is 43.4 Å². The molecule has 1 aromatic carbocycles. The Bertz CT molecular complexity index is 500. The zero-order valence-electron chi connectivity index (χ0n) is 8.50. The van der Waals surface area contributed by atoms with Crippen LogP contribution in [0.1, 0.15) is 13.8 Å². The van der Waals surface area contributed by atoms with E-state index in [2.05, 4.69) is 0 Å². The van der Waals surface area contributed by atoms with Crippen LogP contribution < -0.4 is 4.74 Å². The van der Waals surface area contributed by atoms with Crippen molar-refractivity contribution in [1.82, 2.24) is 0 Å². The molecule has 0 heterocycles. The summed E-state index contributed by atoms with van der Waals surface area (Å²) in [6.45, 7) is 3.15. The molecular weight excluding hydrogens is 262 g/mol. The molecule has 0 unspecified atom stereocenters. The number of hydrogen-bond acceptors (Lipinski definition) is 3. The van der Waals surface area contributed by atoms with Crippen LogP contribution in [0.3, 0.4) is 0 Å². The highest BCUT2D eigenvalue weighted by Gasteiger charge is 2.23. The molecule has 7 heteroatoms. The summed E-state index contributed by atoms with van der Waals surface area (Å²) in [5.74, 6) is -2.70. The Labute approximate surface area is 96.4 Å². The van der Waals surface area contributed by atoms with E-state index in [0.29, 0.717) is 12.1 Å². The minimum atomic E-state index is -4.26. The number of rotatable bonds is 3. The van der Waals surface area contributed by atoms with Gasteiger partial charge in [0.15, 0.2) is 11.6 Å². The molecule has 0 atom stereocenters. The van der Waals surface area contributed by atoms with Gasteiger partial charge in [0.1, 0.15) is 10.7 Å². The van der Waals surface area contributed by atoms with Crippen LogP contribution in [0, 0.1) is 11.6 Å². The monoisotopic (exact) mass is 270 g/mol. The number of hydrogen-bond donors (Lipinski definition) is 0. The molecule has 90 valence electrons. The second-order valence-electron chi connectivity index (χ2n) is 3.32. The fourth-order valence-electron chi connectivity index (χ4n) is 1.07. The maximum Gasteiger partial charge on any atom is 0.265 e. The number of ether oxygens (including phenoxy) is 1. The summed E-state index contributed by atoms with van der Waals surface area (Å²) in [6, 6.07) is 1.15. The largest absolute Gasteiger partial charge is 0.487 e. The van der Waals surface area contributed by atoms with Crippen LogP contribution in [0.2, 0.25) is 0 Å². The summed E-state index contributed by atoms with van der Waals surface area (Å²) in [5, 5.41) is 0. The highest BCUT2D eigenvalue weighted by Crippen LogP contribution is 2.31. The summed E-state index contributed by atoms with van der Waals surface area (Å²) >= 11 is 0. The van der Waals surface area contributed by atoms with Gasteiger partial charge in [0, 0.05) is 16.7 Å². The van der Waals surface area contributed by atoms with E-state index < -0.39 is 37.4 Å². The van der Waals surface area contributed by atoms with E-state index >= 15 is 0 Å². The van der Waals surface area contributed by atoms with Gasteiger partial charge in [0.2, 0.25) is 0 Å². The smallest absolute Gasteiger partial charge is 0.265 e. The van der Waals surface area contributed by atoms with Crippen molar-refractivity contribution in [3.05, 3.63) is 23.8 Å². The summed E-state index contributed by atoms with van der Waals surface area (Å²) in [4.78, 5) is -0.708. The highest BCUT2D eigenvalue weighted by atomic mass is 35.7. The van der Waals surface area contributed by atoms with Crippen molar-refractivity contribution in [2.24, 2.45) is 0 Å². The van der Waals surface area contributed by atoms with Crippen molar-refractivity contribution < 1.29 is 21.9 Å². The lowest BCUT2D eigenvalue weighted by Crippen LogP contribution is -2.10. The fraction of sp³-hybridized carbons (Fsp3) is 0.333. The van der Waals surface area contributed by atoms with Gasteiger partial charge in [0.05, 0.1) is 6.10 Å². The van der Waals surface area contributed by atoms with Gasteiger partial charge in [0.25, 0.3) is 9.05 Å². The standard InChI is InChI=1S/C9H9ClF2O3S/c1-5(2)15-9-7(12)3-6(11)4-8(9)16(10,13)14/h3-5H,1-2H3. The molecule has 1 rings (SSSR count). The van der Waals surface area contributed by atoms with Gasteiger partial charge in [-0.05, 0) is 19.9 Å². The lowest BCUT2D eigenvalue weighted by atomic mass is 10.3. The van der Waals surface area contributed by atoms with Crippen molar-refractivity contribution >= 4 is 19.7 Å². The molecule has 0 radical (unpaired) electrons. The Morgan fingerprint density at radius 1 is 1.31 bits per heavy atom. The molecule has 16 heavy (non-hydrogen) atoms. The zero-order chi connectivity index (χ0) is 12.5. The van der Waals surface area contributed by atoms with E-state index in [1.54, 1.807) is 13.8 Å². The Morgan fingerprint density at radius 2 is 1.88 bits per heavy atom. The Morgan fingerprint density at radius 3 is 2.31 bits per heavy atom. The maximum atomic E-state index is 13.3. The third-order valence-electron chi connectivity index (χ3n) is 1.59.